The molecule has 1 heterocycles. The summed E-state index contributed by atoms with van der Waals surface area (Å²) in [6.45, 7) is 1.97. The molecule has 0 fully saturated rings. The molecule has 2 aromatic rings. The van der Waals surface area contributed by atoms with Crippen molar-refractivity contribution >= 4 is 22.2 Å². The maximum Gasteiger partial charge on any atom is 0.203 e. The van der Waals surface area contributed by atoms with Crippen LogP contribution in [0.1, 0.15) is 13.3 Å². The normalized spacial score (nSPS) is 11.4. The summed E-state index contributed by atoms with van der Waals surface area (Å²) in [5.41, 5.74) is 5.67. The summed E-state index contributed by atoms with van der Waals surface area (Å²) in [6.07, 6.45) is 0.559. The first-order chi connectivity index (χ1) is 9.72. The smallest absolute Gasteiger partial charge is 0.203 e. The molecule has 6 heteroatoms. The molecule has 0 amide bonds. The summed E-state index contributed by atoms with van der Waals surface area (Å²) in [7, 11) is 1.65. The molecule has 0 unspecified atom stereocenters. The van der Waals surface area contributed by atoms with Gasteiger partial charge in [0.15, 0.2) is 0 Å². The van der Waals surface area contributed by atoms with Gasteiger partial charge in [0, 0.05) is 29.7 Å². The number of nitrogens with one attached hydrogen (secondary N) is 1. The minimum atomic E-state index is 0.103. The van der Waals surface area contributed by atoms with Crippen molar-refractivity contribution in [2.75, 3.05) is 19.1 Å². The van der Waals surface area contributed by atoms with Gasteiger partial charge >= 0.3 is 0 Å². The molecule has 1 aromatic carbocycles. The Morgan fingerprint density at radius 2 is 2.15 bits per heavy atom. The van der Waals surface area contributed by atoms with Crippen LogP contribution in [0.15, 0.2) is 34.7 Å². The number of aliphatic hydroxyl groups is 1. The second-order valence-electron chi connectivity index (χ2n) is 4.20. The Morgan fingerprint density at radius 3 is 2.80 bits per heavy atom. The van der Waals surface area contributed by atoms with E-state index in [0.717, 1.165) is 27.9 Å². The van der Waals surface area contributed by atoms with E-state index in [-0.39, 0.29) is 6.61 Å². The lowest BCUT2D eigenvalue weighted by Gasteiger charge is -2.00. The summed E-state index contributed by atoms with van der Waals surface area (Å²) in [5, 5.41) is 15.7. The molecule has 0 atom stereocenters. The van der Waals surface area contributed by atoms with Crippen molar-refractivity contribution < 1.29 is 9.84 Å². The van der Waals surface area contributed by atoms with Crippen LogP contribution in [0.3, 0.4) is 0 Å². The van der Waals surface area contributed by atoms with Gasteiger partial charge in [-0.1, -0.05) is 0 Å². The molecule has 1 aromatic heterocycles. The highest BCUT2D eigenvalue weighted by atomic mass is 32.1. The Labute approximate surface area is 121 Å². The first kappa shape index (κ1) is 14.5. The van der Waals surface area contributed by atoms with Crippen LogP contribution in [0.25, 0.3) is 11.3 Å². The van der Waals surface area contributed by atoms with E-state index in [1.54, 1.807) is 7.11 Å². The van der Waals surface area contributed by atoms with E-state index in [4.69, 9.17) is 9.84 Å². The van der Waals surface area contributed by atoms with Crippen molar-refractivity contribution in [3.8, 4) is 17.0 Å². The van der Waals surface area contributed by atoms with Crippen LogP contribution in [0, 0.1) is 0 Å². The molecular formula is C14H17N3O2S. The number of aliphatic hydroxyl groups excluding tert-OH is 1. The molecule has 0 aliphatic heterocycles. The number of hydrogen-bond donors (Lipinski definition) is 2. The number of hydrogen-bond acceptors (Lipinski definition) is 6. The van der Waals surface area contributed by atoms with E-state index in [0.29, 0.717) is 6.42 Å². The van der Waals surface area contributed by atoms with Gasteiger partial charge in [-0.15, -0.1) is 11.3 Å². The molecule has 2 rings (SSSR count). The molecule has 0 aliphatic carbocycles. The zero-order chi connectivity index (χ0) is 14.4. The highest BCUT2D eigenvalue weighted by molar-refractivity contribution is 7.14. The molecule has 0 spiro atoms. The number of aromatic nitrogens is 1. The van der Waals surface area contributed by atoms with Crippen molar-refractivity contribution in [1.82, 2.24) is 4.98 Å². The van der Waals surface area contributed by atoms with Crippen LogP contribution in [-0.2, 0) is 0 Å². The van der Waals surface area contributed by atoms with Crippen LogP contribution in [0.4, 0.5) is 5.13 Å². The maximum absolute atomic E-state index is 8.80. The third kappa shape index (κ3) is 3.79. The summed E-state index contributed by atoms with van der Waals surface area (Å²) in [6, 6.07) is 7.76. The minimum Gasteiger partial charge on any atom is -0.497 e. The van der Waals surface area contributed by atoms with Gasteiger partial charge in [0.2, 0.25) is 5.13 Å². The number of thiazole rings is 1. The molecule has 0 saturated heterocycles. The summed E-state index contributed by atoms with van der Waals surface area (Å²) >= 11 is 1.49. The monoisotopic (exact) mass is 291 g/mol. The van der Waals surface area contributed by atoms with Crippen LogP contribution in [0.2, 0.25) is 0 Å². The molecule has 0 saturated carbocycles. The zero-order valence-electron chi connectivity index (χ0n) is 11.5. The van der Waals surface area contributed by atoms with Gasteiger partial charge in [-0.3, -0.25) is 5.43 Å². The van der Waals surface area contributed by atoms with E-state index >= 15 is 0 Å². The fraction of sp³-hybridized carbons (Fsp3) is 0.286. The van der Waals surface area contributed by atoms with Gasteiger partial charge in [-0.05, 0) is 31.2 Å². The first-order valence-corrected chi connectivity index (χ1v) is 7.11. The molecule has 5 nitrogen and oxygen atoms in total. The average molecular weight is 291 g/mol. The summed E-state index contributed by atoms with van der Waals surface area (Å²) in [5.74, 6) is 0.826. The number of rotatable bonds is 6. The van der Waals surface area contributed by atoms with Crippen LogP contribution in [-0.4, -0.2) is 29.5 Å². The lowest BCUT2D eigenvalue weighted by molar-refractivity contribution is 0.307. The zero-order valence-corrected chi connectivity index (χ0v) is 12.3. The topological polar surface area (TPSA) is 66.7 Å². The Bertz CT molecular complexity index is 578. The molecule has 0 aliphatic rings. The number of benzene rings is 1. The lowest BCUT2D eigenvalue weighted by atomic mass is 10.2. The number of hydrazone groups is 1. The van der Waals surface area contributed by atoms with E-state index in [1.165, 1.54) is 11.3 Å². The van der Waals surface area contributed by atoms with Crippen molar-refractivity contribution in [1.29, 1.82) is 0 Å². The Kier molecular flexibility index (Phi) is 5.09. The molecule has 0 bridgehead atoms. The standard InChI is InChI=1S/C14H17N3O2S/c1-10(7-8-18)16-17-14-15-13(9-20-14)11-3-5-12(19-2)6-4-11/h3-6,9,18H,7-8H2,1-2H3,(H,15,17)/b16-10+. The van der Waals surface area contributed by atoms with Crippen LogP contribution < -0.4 is 10.2 Å². The second-order valence-corrected chi connectivity index (χ2v) is 5.06. The van der Waals surface area contributed by atoms with Gasteiger partial charge in [0.25, 0.3) is 0 Å². The van der Waals surface area contributed by atoms with Crippen LogP contribution in [0.5, 0.6) is 5.75 Å². The molecule has 2 N–H and O–H groups in total. The third-order valence-corrected chi connectivity index (χ3v) is 3.45. The average Bonchev–Trinajstić information content (AvgIpc) is 2.94. The molecule has 0 radical (unpaired) electrons. The molecular weight excluding hydrogens is 274 g/mol. The predicted octanol–water partition coefficient (Wildman–Crippen LogP) is 2.99. The van der Waals surface area contributed by atoms with Crippen molar-refractivity contribution in [3.63, 3.8) is 0 Å². The lowest BCUT2D eigenvalue weighted by Crippen LogP contribution is -1.99. The molecule has 106 valence electrons. The SMILES string of the molecule is COc1ccc(-c2csc(N/N=C(\C)CCO)n2)cc1. The Balaban J connectivity index is 2.06. The van der Waals surface area contributed by atoms with Gasteiger partial charge in [-0.2, -0.15) is 5.10 Å². The number of nitrogens with zero attached hydrogens (tertiary/aromatic N) is 2. The fourth-order valence-corrected chi connectivity index (χ4v) is 2.24. The summed E-state index contributed by atoms with van der Waals surface area (Å²) < 4.78 is 5.13. The molecule has 20 heavy (non-hydrogen) atoms. The maximum atomic E-state index is 8.80. The van der Waals surface area contributed by atoms with Crippen molar-refractivity contribution in [2.45, 2.75) is 13.3 Å². The third-order valence-electron chi connectivity index (χ3n) is 2.71. The van der Waals surface area contributed by atoms with Crippen LogP contribution >= 0.6 is 11.3 Å². The predicted molar refractivity (Wildman–Crippen MR) is 82.5 cm³/mol. The van der Waals surface area contributed by atoms with Crippen molar-refractivity contribution in [2.24, 2.45) is 5.10 Å². The van der Waals surface area contributed by atoms with Gasteiger partial charge in [0.05, 0.1) is 12.8 Å². The first-order valence-electron chi connectivity index (χ1n) is 6.23. The summed E-state index contributed by atoms with van der Waals surface area (Å²) in [4.78, 5) is 4.47. The van der Waals surface area contributed by atoms with E-state index < -0.39 is 0 Å². The number of methoxy groups -OCH3 is 1. The Morgan fingerprint density at radius 1 is 1.40 bits per heavy atom. The second kappa shape index (κ2) is 7.02. The van der Waals surface area contributed by atoms with Crippen molar-refractivity contribution in [3.05, 3.63) is 29.6 Å². The van der Waals surface area contributed by atoms with Gasteiger partial charge in [0.1, 0.15) is 5.75 Å². The van der Waals surface area contributed by atoms with E-state index in [9.17, 15) is 0 Å². The number of anilines is 1. The van der Waals surface area contributed by atoms with Gasteiger partial charge in [-0.25, -0.2) is 4.98 Å². The van der Waals surface area contributed by atoms with E-state index in [2.05, 4.69) is 15.5 Å². The number of ether oxygens (including phenoxy) is 1. The van der Waals surface area contributed by atoms with E-state index in [1.807, 2.05) is 36.6 Å². The Hall–Kier alpha value is -1.92. The highest BCUT2D eigenvalue weighted by Gasteiger charge is 2.04. The highest BCUT2D eigenvalue weighted by Crippen LogP contribution is 2.26. The fourth-order valence-electron chi connectivity index (χ4n) is 1.58. The largest absolute Gasteiger partial charge is 0.497 e. The quantitative estimate of drug-likeness (QED) is 0.634. The minimum absolute atomic E-state index is 0.103. The van der Waals surface area contributed by atoms with Gasteiger partial charge < -0.3 is 9.84 Å².